The van der Waals surface area contributed by atoms with Crippen molar-refractivity contribution in [2.45, 2.75) is 52.2 Å². The van der Waals surface area contributed by atoms with Gasteiger partial charge in [-0.05, 0) is 39.7 Å². The maximum absolute atomic E-state index is 12.9. The first-order valence-corrected chi connectivity index (χ1v) is 8.69. The second-order valence-corrected chi connectivity index (χ2v) is 6.76. The Bertz CT molecular complexity index is 551. The molecule has 6 heteroatoms. The molecule has 2 fully saturated rings. The van der Waals surface area contributed by atoms with E-state index in [1.807, 2.05) is 18.5 Å². The Hall–Kier alpha value is -1.40. The van der Waals surface area contributed by atoms with Crippen LogP contribution in [0.4, 0.5) is 0 Å². The fourth-order valence-electron chi connectivity index (χ4n) is 3.74. The highest BCUT2D eigenvalue weighted by Crippen LogP contribution is 2.22. The zero-order valence-corrected chi connectivity index (χ0v) is 14.5. The molecule has 0 saturated carbocycles. The summed E-state index contributed by atoms with van der Waals surface area (Å²) in [5.74, 6) is 0.260. The maximum atomic E-state index is 12.9. The highest BCUT2D eigenvalue weighted by atomic mass is 16.5. The van der Waals surface area contributed by atoms with Crippen LogP contribution >= 0.6 is 0 Å². The van der Waals surface area contributed by atoms with E-state index in [2.05, 4.69) is 27.9 Å². The lowest BCUT2D eigenvalue weighted by Gasteiger charge is -2.35. The smallest absolute Gasteiger partial charge is 0.239 e. The van der Waals surface area contributed by atoms with E-state index in [4.69, 9.17) is 4.74 Å². The minimum Gasteiger partial charge on any atom is -0.379 e. The molecule has 1 aromatic rings. The lowest BCUT2D eigenvalue weighted by molar-refractivity contribution is -0.139. The number of morpholine rings is 1. The van der Waals surface area contributed by atoms with Gasteiger partial charge in [-0.25, -0.2) is 0 Å². The van der Waals surface area contributed by atoms with Gasteiger partial charge in [0, 0.05) is 25.3 Å². The summed E-state index contributed by atoms with van der Waals surface area (Å²) in [5.41, 5.74) is 2.21. The monoisotopic (exact) mass is 320 g/mol. The minimum atomic E-state index is -0.0556. The van der Waals surface area contributed by atoms with Gasteiger partial charge in [-0.3, -0.25) is 14.4 Å². The fraction of sp³-hybridized carbons (Fsp3) is 0.765. The van der Waals surface area contributed by atoms with Gasteiger partial charge in [0.15, 0.2) is 0 Å². The number of rotatable bonds is 4. The van der Waals surface area contributed by atoms with Crippen LogP contribution in [0.2, 0.25) is 0 Å². The molecule has 23 heavy (non-hydrogen) atoms. The van der Waals surface area contributed by atoms with Crippen LogP contribution in [0.25, 0.3) is 0 Å². The van der Waals surface area contributed by atoms with Crippen molar-refractivity contribution in [3.8, 4) is 0 Å². The van der Waals surface area contributed by atoms with E-state index in [0.717, 1.165) is 57.9 Å². The number of carbonyl (C=O) groups is 1. The topological polar surface area (TPSA) is 50.6 Å². The molecular formula is C17H28N4O2. The molecule has 0 aromatic carbocycles. The Morgan fingerprint density at radius 3 is 2.74 bits per heavy atom. The van der Waals surface area contributed by atoms with Crippen LogP contribution in [-0.2, 0) is 16.1 Å². The van der Waals surface area contributed by atoms with Gasteiger partial charge >= 0.3 is 0 Å². The molecule has 1 aromatic heterocycles. The molecule has 3 rings (SSSR count). The third kappa shape index (κ3) is 3.58. The van der Waals surface area contributed by atoms with Crippen LogP contribution in [0.5, 0.6) is 0 Å². The zero-order valence-electron chi connectivity index (χ0n) is 14.5. The molecule has 128 valence electrons. The number of hydrogen-bond acceptors (Lipinski definition) is 4. The summed E-state index contributed by atoms with van der Waals surface area (Å²) in [7, 11) is 0. The van der Waals surface area contributed by atoms with E-state index in [9.17, 15) is 4.79 Å². The van der Waals surface area contributed by atoms with Gasteiger partial charge in [0.05, 0.1) is 37.5 Å². The molecule has 0 aliphatic carbocycles. The van der Waals surface area contributed by atoms with Crippen molar-refractivity contribution in [2.24, 2.45) is 0 Å². The van der Waals surface area contributed by atoms with E-state index in [0.29, 0.717) is 0 Å². The van der Waals surface area contributed by atoms with Crippen LogP contribution in [0.1, 0.15) is 31.2 Å². The summed E-state index contributed by atoms with van der Waals surface area (Å²) in [6.45, 7) is 11.0. The van der Waals surface area contributed by atoms with Crippen LogP contribution < -0.4 is 0 Å². The Labute approximate surface area is 138 Å². The number of likely N-dealkylation sites (tertiary alicyclic amines) is 1. The molecule has 0 radical (unpaired) electrons. The molecule has 0 bridgehead atoms. The van der Waals surface area contributed by atoms with Crippen LogP contribution in [0, 0.1) is 13.8 Å². The van der Waals surface area contributed by atoms with Gasteiger partial charge in [-0.15, -0.1) is 0 Å². The zero-order chi connectivity index (χ0) is 16.4. The van der Waals surface area contributed by atoms with Gasteiger partial charge < -0.3 is 9.64 Å². The summed E-state index contributed by atoms with van der Waals surface area (Å²) in [4.78, 5) is 17.3. The summed E-state index contributed by atoms with van der Waals surface area (Å²) in [6, 6.07) is 2.31. The minimum absolute atomic E-state index is 0.0556. The number of hydrogen-bond donors (Lipinski definition) is 0. The molecule has 2 aliphatic rings. The van der Waals surface area contributed by atoms with Crippen molar-refractivity contribution in [3.05, 3.63) is 17.5 Å². The first kappa shape index (κ1) is 16.5. The highest BCUT2D eigenvalue weighted by molar-refractivity contribution is 5.82. The number of carbonyl (C=O) groups excluding carboxylic acids is 1. The Kier molecular flexibility index (Phi) is 5.02. The van der Waals surface area contributed by atoms with Crippen molar-refractivity contribution in [1.29, 1.82) is 0 Å². The predicted octanol–water partition coefficient (Wildman–Crippen LogP) is 1.21. The molecule has 6 nitrogen and oxygen atoms in total. The lowest BCUT2D eigenvalue weighted by Crippen LogP contribution is -2.52. The molecule has 2 saturated heterocycles. The van der Waals surface area contributed by atoms with Crippen LogP contribution in [0.3, 0.4) is 0 Å². The van der Waals surface area contributed by atoms with E-state index >= 15 is 0 Å². The summed E-state index contributed by atoms with van der Waals surface area (Å²) >= 11 is 0. The van der Waals surface area contributed by atoms with Crippen molar-refractivity contribution < 1.29 is 9.53 Å². The highest BCUT2D eigenvalue weighted by Gasteiger charge is 2.34. The summed E-state index contributed by atoms with van der Waals surface area (Å²) in [5, 5.41) is 4.55. The molecule has 1 amide bonds. The molecular weight excluding hydrogens is 292 g/mol. The molecule has 2 aliphatic heterocycles. The lowest BCUT2D eigenvalue weighted by atomic mass is 10.2. The van der Waals surface area contributed by atoms with Gasteiger partial charge in [0.1, 0.15) is 0 Å². The van der Waals surface area contributed by atoms with E-state index < -0.39 is 0 Å². The predicted molar refractivity (Wildman–Crippen MR) is 88.3 cm³/mol. The maximum Gasteiger partial charge on any atom is 0.239 e. The average molecular weight is 320 g/mol. The van der Waals surface area contributed by atoms with Crippen molar-refractivity contribution in [2.75, 3.05) is 32.8 Å². The molecule has 2 atom stereocenters. The van der Waals surface area contributed by atoms with Crippen LogP contribution in [0.15, 0.2) is 6.07 Å². The second kappa shape index (κ2) is 7.01. The number of aromatic nitrogens is 2. The van der Waals surface area contributed by atoms with Crippen molar-refractivity contribution in [1.82, 2.24) is 19.6 Å². The van der Waals surface area contributed by atoms with Gasteiger partial charge in [-0.2, -0.15) is 5.10 Å². The van der Waals surface area contributed by atoms with Gasteiger partial charge in [0.25, 0.3) is 0 Å². The molecule has 0 N–H and O–H groups in total. The number of aryl methyl sites for hydroxylation is 2. The number of amides is 1. The standard InChI is InChI=1S/C17H28N4O2/c1-13-11-14(2)21(18-13)12-16-5-4-6-20(16)17(22)15(3)19-7-9-23-10-8-19/h11,15-16H,4-10,12H2,1-3H3/t15-,16+/m0/s1. The molecule has 3 heterocycles. The fourth-order valence-corrected chi connectivity index (χ4v) is 3.74. The van der Waals surface area contributed by atoms with Gasteiger partial charge in [-0.1, -0.05) is 0 Å². The van der Waals surface area contributed by atoms with E-state index in [1.165, 1.54) is 5.69 Å². The summed E-state index contributed by atoms with van der Waals surface area (Å²) < 4.78 is 7.44. The average Bonchev–Trinajstić information content (AvgIpc) is 3.13. The second-order valence-electron chi connectivity index (χ2n) is 6.76. The van der Waals surface area contributed by atoms with Crippen LogP contribution in [-0.4, -0.2) is 70.4 Å². The van der Waals surface area contributed by atoms with Crippen molar-refractivity contribution >= 4 is 5.91 Å². The normalized spacial score (nSPS) is 24.1. The van der Waals surface area contributed by atoms with Crippen molar-refractivity contribution in [3.63, 3.8) is 0 Å². The van der Waals surface area contributed by atoms with E-state index in [1.54, 1.807) is 0 Å². The SMILES string of the molecule is Cc1cc(C)n(C[C@H]2CCCN2C(=O)[C@H](C)N2CCOCC2)n1. The Balaban J connectivity index is 1.65. The molecule has 0 spiro atoms. The largest absolute Gasteiger partial charge is 0.379 e. The Morgan fingerprint density at radius 1 is 1.35 bits per heavy atom. The summed E-state index contributed by atoms with van der Waals surface area (Å²) in [6.07, 6.45) is 2.16. The Morgan fingerprint density at radius 2 is 2.09 bits per heavy atom. The first-order chi connectivity index (χ1) is 11.1. The molecule has 0 unspecified atom stereocenters. The van der Waals surface area contributed by atoms with Gasteiger partial charge in [0.2, 0.25) is 5.91 Å². The quantitative estimate of drug-likeness (QED) is 0.837. The first-order valence-electron chi connectivity index (χ1n) is 8.69. The van der Waals surface area contributed by atoms with E-state index in [-0.39, 0.29) is 18.0 Å². The number of ether oxygens (including phenoxy) is 1. The number of nitrogens with zero attached hydrogens (tertiary/aromatic N) is 4. The third-order valence-electron chi connectivity index (χ3n) is 5.10. The third-order valence-corrected chi connectivity index (χ3v) is 5.10.